The maximum absolute atomic E-state index is 12.7. The van der Waals surface area contributed by atoms with E-state index in [4.69, 9.17) is 5.11 Å². The van der Waals surface area contributed by atoms with E-state index in [0.29, 0.717) is 6.07 Å². The van der Waals surface area contributed by atoms with E-state index < -0.39 is 23.3 Å². The van der Waals surface area contributed by atoms with Crippen LogP contribution in [0.4, 0.5) is 13.2 Å². The summed E-state index contributed by atoms with van der Waals surface area (Å²) in [5.74, 6) is -1.41. The minimum Gasteiger partial charge on any atom is -0.478 e. The highest BCUT2D eigenvalue weighted by atomic mass is 19.4. The molecule has 1 N–H and O–H groups in total. The van der Waals surface area contributed by atoms with Gasteiger partial charge in [0.05, 0.1) is 16.6 Å². The minimum atomic E-state index is -4.60. The van der Waals surface area contributed by atoms with Crippen molar-refractivity contribution >= 4 is 16.9 Å². The Kier molecular flexibility index (Phi) is 2.49. The monoisotopic (exact) mass is 241 g/mol. The molecule has 6 heteroatoms. The zero-order valence-electron chi connectivity index (χ0n) is 8.32. The van der Waals surface area contributed by atoms with Crippen LogP contribution in [0, 0.1) is 0 Å². The molecule has 0 radical (unpaired) electrons. The summed E-state index contributed by atoms with van der Waals surface area (Å²) in [5.41, 5.74) is -1.40. The predicted molar refractivity (Wildman–Crippen MR) is 53.7 cm³/mol. The smallest absolute Gasteiger partial charge is 0.417 e. The molecule has 88 valence electrons. The van der Waals surface area contributed by atoms with Crippen LogP contribution in [-0.4, -0.2) is 16.1 Å². The highest BCUT2D eigenvalue weighted by Crippen LogP contribution is 2.35. The summed E-state index contributed by atoms with van der Waals surface area (Å²) in [6, 6.07) is 4.37. The number of halogens is 3. The molecule has 1 heterocycles. The predicted octanol–water partition coefficient (Wildman–Crippen LogP) is 2.95. The zero-order chi connectivity index (χ0) is 12.6. The number of carbonyl (C=O) groups is 1. The van der Waals surface area contributed by atoms with Crippen LogP contribution in [0.15, 0.2) is 30.5 Å². The summed E-state index contributed by atoms with van der Waals surface area (Å²) in [4.78, 5) is 14.5. The Morgan fingerprint density at radius 1 is 1.29 bits per heavy atom. The molecule has 0 aliphatic heterocycles. The number of hydrogen-bond donors (Lipinski definition) is 1. The Hall–Kier alpha value is -2.11. The topological polar surface area (TPSA) is 50.2 Å². The molecular formula is C11H6F3NO2. The fraction of sp³-hybridized carbons (Fsp3) is 0.0909. The van der Waals surface area contributed by atoms with Crippen LogP contribution in [-0.2, 0) is 6.18 Å². The second kappa shape index (κ2) is 3.73. The minimum absolute atomic E-state index is 0.0136. The molecule has 0 aliphatic rings. The molecule has 1 aromatic heterocycles. The van der Waals surface area contributed by atoms with E-state index in [0.717, 1.165) is 6.07 Å². The normalized spacial score (nSPS) is 11.7. The van der Waals surface area contributed by atoms with Gasteiger partial charge in [-0.1, -0.05) is 6.07 Å². The van der Waals surface area contributed by atoms with E-state index in [-0.39, 0.29) is 10.9 Å². The standard InChI is InChI=1S/C11H6F3NO2/c12-11(13,14)8-4-6(10(16)17)5-9-7(8)2-1-3-15-9/h1-5H,(H,16,17). The van der Waals surface area contributed by atoms with Gasteiger partial charge >= 0.3 is 12.1 Å². The highest BCUT2D eigenvalue weighted by Gasteiger charge is 2.33. The number of hydrogen-bond acceptors (Lipinski definition) is 2. The lowest BCUT2D eigenvalue weighted by Gasteiger charge is -2.10. The molecule has 0 bridgehead atoms. The van der Waals surface area contributed by atoms with Gasteiger partial charge in [0.2, 0.25) is 0 Å². The maximum atomic E-state index is 12.7. The second-order valence-electron chi connectivity index (χ2n) is 3.40. The van der Waals surface area contributed by atoms with E-state index in [1.807, 2.05) is 0 Å². The van der Waals surface area contributed by atoms with Gasteiger partial charge in [-0.3, -0.25) is 4.98 Å². The summed E-state index contributed by atoms with van der Waals surface area (Å²) in [5, 5.41) is 8.63. The number of nitrogens with zero attached hydrogens (tertiary/aromatic N) is 1. The molecule has 0 spiro atoms. The largest absolute Gasteiger partial charge is 0.478 e. The number of benzene rings is 1. The highest BCUT2D eigenvalue weighted by molar-refractivity contribution is 5.94. The van der Waals surface area contributed by atoms with Crippen molar-refractivity contribution in [2.24, 2.45) is 0 Å². The first-order chi connectivity index (χ1) is 7.89. The van der Waals surface area contributed by atoms with Gasteiger partial charge in [0.1, 0.15) is 0 Å². The Labute approximate surface area is 93.5 Å². The fourth-order valence-corrected chi connectivity index (χ4v) is 1.54. The van der Waals surface area contributed by atoms with Gasteiger partial charge in [-0.25, -0.2) is 4.79 Å². The molecule has 2 rings (SSSR count). The van der Waals surface area contributed by atoms with Crippen LogP contribution in [0.1, 0.15) is 15.9 Å². The average Bonchev–Trinajstić information content (AvgIpc) is 2.26. The van der Waals surface area contributed by atoms with Crippen molar-refractivity contribution in [3.8, 4) is 0 Å². The van der Waals surface area contributed by atoms with Crippen molar-refractivity contribution in [1.82, 2.24) is 4.98 Å². The number of fused-ring (bicyclic) bond motifs is 1. The first kappa shape index (κ1) is 11.4. The molecule has 0 amide bonds. The Morgan fingerprint density at radius 3 is 2.59 bits per heavy atom. The number of rotatable bonds is 1. The molecule has 0 saturated heterocycles. The second-order valence-corrected chi connectivity index (χ2v) is 3.40. The van der Waals surface area contributed by atoms with Gasteiger partial charge in [0.25, 0.3) is 0 Å². The van der Waals surface area contributed by atoms with E-state index in [9.17, 15) is 18.0 Å². The third-order valence-corrected chi connectivity index (χ3v) is 2.27. The van der Waals surface area contributed by atoms with E-state index in [1.165, 1.54) is 18.3 Å². The van der Waals surface area contributed by atoms with Crippen molar-refractivity contribution in [2.75, 3.05) is 0 Å². The van der Waals surface area contributed by atoms with Gasteiger partial charge in [-0.15, -0.1) is 0 Å². The molecular weight excluding hydrogens is 235 g/mol. The lowest BCUT2D eigenvalue weighted by Crippen LogP contribution is -2.09. The lowest BCUT2D eigenvalue weighted by atomic mass is 10.0. The Balaban J connectivity index is 2.83. The third kappa shape index (κ3) is 2.06. The van der Waals surface area contributed by atoms with Crippen LogP contribution >= 0.6 is 0 Å². The number of aromatic nitrogens is 1. The molecule has 0 atom stereocenters. The maximum Gasteiger partial charge on any atom is 0.417 e. The van der Waals surface area contributed by atoms with E-state index in [2.05, 4.69) is 4.98 Å². The lowest BCUT2D eigenvalue weighted by molar-refractivity contribution is -0.136. The molecule has 2 aromatic rings. The fourth-order valence-electron chi connectivity index (χ4n) is 1.54. The van der Waals surface area contributed by atoms with Crippen molar-refractivity contribution in [2.45, 2.75) is 6.18 Å². The quantitative estimate of drug-likeness (QED) is 0.835. The number of alkyl halides is 3. The summed E-state index contributed by atoms with van der Waals surface area (Å²) in [7, 11) is 0. The summed E-state index contributed by atoms with van der Waals surface area (Å²) >= 11 is 0. The molecule has 0 saturated carbocycles. The van der Waals surface area contributed by atoms with E-state index in [1.54, 1.807) is 0 Å². The average molecular weight is 241 g/mol. The van der Waals surface area contributed by atoms with E-state index >= 15 is 0 Å². The third-order valence-electron chi connectivity index (χ3n) is 2.27. The van der Waals surface area contributed by atoms with Gasteiger partial charge in [0, 0.05) is 11.6 Å². The number of aromatic carboxylic acids is 1. The van der Waals surface area contributed by atoms with Crippen molar-refractivity contribution < 1.29 is 23.1 Å². The van der Waals surface area contributed by atoms with Crippen molar-refractivity contribution in [3.63, 3.8) is 0 Å². The first-order valence-electron chi connectivity index (χ1n) is 4.59. The van der Waals surface area contributed by atoms with Crippen LogP contribution in [0.25, 0.3) is 10.9 Å². The van der Waals surface area contributed by atoms with Gasteiger partial charge < -0.3 is 5.11 Å². The number of pyridine rings is 1. The molecule has 0 fully saturated rings. The van der Waals surface area contributed by atoms with Gasteiger partial charge in [-0.2, -0.15) is 13.2 Å². The molecule has 3 nitrogen and oxygen atoms in total. The van der Waals surface area contributed by atoms with Crippen LogP contribution < -0.4 is 0 Å². The summed E-state index contributed by atoms with van der Waals surface area (Å²) in [6.45, 7) is 0. The molecule has 0 unspecified atom stereocenters. The summed E-state index contributed by atoms with van der Waals surface area (Å²) < 4.78 is 38.2. The Morgan fingerprint density at radius 2 is 2.00 bits per heavy atom. The van der Waals surface area contributed by atoms with Crippen LogP contribution in [0.5, 0.6) is 0 Å². The van der Waals surface area contributed by atoms with Gasteiger partial charge in [0.15, 0.2) is 0 Å². The van der Waals surface area contributed by atoms with Crippen molar-refractivity contribution in [3.05, 3.63) is 41.6 Å². The number of carboxylic acid groups (broad SMARTS) is 1. The zero-order valence-corrected chi connectivity index (χ0v) is 8.32. The van der Waals surface area contributed by atoms with Crippen LogP contribution in [0.2, 0.25) is 0 Å². The molecule has 0 aliphatic carbocycles. The Bertz CT molecular complexity index is 593. The molecule has 17 heavy (non-hydrogen) atoms. The number of carboxylic acids is 1. The molecule has 1 aromatic carbocycles. The summed E-state index contributed by atoms with van der Waals surface area (Å²) in [6.07, 6.45) is -3.29. The first-order valence-corrected chi connectivity index (χ1v) is 4.59. The van der Waals surface area contributed by atoms with Gasteiger partial charge in [-0.05, 0) is 18.2 Å². The van der Waals surface area contributed by atoms with Crippen molar-refractivity contribution in [1.29, 1.82) is 0 Å². The SMILES string of the molecule is O=C(O)c1cc(C(F)(F)F)c2cccnc2c1. The van der Waals surface area contributed by atoms with Crippen LogP contribution in [0.3, 0.4) is 0 Å².